The second-order valence-corrected chi connectivity index (χ2v) is 5.28. The van der Waals surface area contributed by atoms with E-state index in [1.807, 2.05) is 0 Å². The number of ether oxygens (including phenoxy) is 1. The Morgan fingerprint density at radius 1 is 1.37 bits per heavy atom. The number of aromatic amines is 1. The van der Waals surface area contributed by atoms with Crippen LogP contribution in [0.4, 0.5) is 5.82 Å². The molecule has 0 spiro atoms. The third-order valence-corrected chi connectivity index (χ3v) is 3.67. The number of nitrogens with zero attached hydrogens (tertiary/aromatic N) is 1. The van der Waals surface area contributed by atoms with E-state index < -0.39 is 16.0 Å². The molecule has 2 rings (SSSR count). The number of methoxy groups -OCH3 is 1. The largest absolute Gasteiger partial charge is 0.465 e. The van der Waals surface area contributed by atoms with E-state index in [9.17, 15) is 13.2 Å². The fraction of sp³-hybridized carbons (Fsp3) is 0.0909. The summed E-state index contributed by atoms with van der Waals surface area (Å²) >= 11 is 0. The summed E-state index contributed by atoms with van der Waals surface area (Å²) in [5.74, 6) is -0.359. The Hall–Kier alpha value is -2.35. The van der Waals surface area contributed by atoms with Gasteiger partial charge in [-0.25, -0.2) is 13.2 Å². The van der Waals surface area contributed by atoms with Gasteiger partial charge in [0, 0.05) is 6.07 Å². The highest BCUT2D eigenvalue weighted by Gasteiger charge is 2.17. The maximum Gasteiger partial charge on any atom is 0.337 e. The number of H-pyrrole nitrogens is 1. The molecule has 7 nitrogen and oxygen atoms in total. The number of benzene rings is 1. The molecule has 1 aromatic carbocycles. The fourth-order valence-corrected chi connectivity index (χ4v) is 2.49. The highest BCUT2D eigenvalue weighted by atomic mass is 32.2. The zero-order chi connectivity index (χ0) is 13.9. The Labute approximate surface area is 109 Å². The lowest BCUT2D eigenvalue weighted by atomic mass is 10.2. The molecule has 0 aliphatic carbocycles. The van der Waals surface area contributed by atoms with Gasteiger partial charge in [0.2, 0.25) is 0 Å². The molecule has 0 radical (unpaired) electrons. The second kappa shape index (κ2) is 5.11. The molecular formula is C11H11N3O4S. The van der Waals surface area contributed by atoms with E-state index in [0.29, 0.717) is 0 Å². The van der Waals surface area contributed by atoms with E-state index in [0.717, 1.165) is 0 Å². The highest BCUT2D eigenvalue weighted by Crippen LogP contribution is 2.15. The van der Waals surface area contributed by atoms with Crippen molar-refractivity contribution in [2.75, 3.05) is 11.8 Å². The van der Waals surface area contributed by atoms with Gasteiger partial charge in [-0.3, -0.25) is 9.82 Å². The Balaban J connectivity index is 2.33. The number of carbonyl (C=O) groups excluding carboxylic acids is 1. The van der Waals surface area contributed by atoms with Gasteiger partial charge in [-0.2, -0.15) is 5.10 Å². The molecule has 100 valence electrons. The summed E-state index contributed by atoms with van der Waals surface area (Å²) in [4.78, 5) is 11.3. The van der Waals surface area contributed by atoms with E-state index in [1.54, 1.807) is 0 Å². The Morgan fingerprint density at radius 3 is 2.79 bits per heavy atom. The summed E-state index contributed by atoms with van der Waals surface area (Å²) in [6.07, 6.45) is 1.42. The minimum absolute atomic E-state index is 0.0370. The lowest BCUT2D eigenvalue weighted by Gasteiger charge is -2.07. The SMILES string of the molecule is COC(=O)c1cccc(S(=O)(=O)Nc2ccn[nH]2)c1. The van der Waals surface area contributed by atoms with Gasteiger partial charge >= 0.3 is 5.97 Å². The molecule has 1 aromatic heterocycles. The number of sulfonamides is 1. The van der Waals surface area contributed by atoms with Crippen molar-refractivity contribution in [1.29, 1.82) is 0 Å². The number of anilines is 1. The lowest BCUT2D eigenvalue weighted by Crippen LogP contribution is -2.14. The van der Waals surface area contributed by atoms with Crippen molar-refractivity contribution in [1.82, 2.24) is 10.2 Å². The summed E-state index contributed by atoms with van der Waals surface area (Å²) in [5.41, 5.74) is 0.162. The van der Waals surface area contributed by atoms with Crippen LogP contribution in [0.3, 0.4) is 0 Å². The van der Waals surface area contributed by atoms with Crippen molar-refractivity contribution in [2.24, 2.45) is 0 Å². The molecule has 0 aliphatic rings. The Bertz CT molecular complexity index is 680. The van der Waals surface area contributed by atoms with Gasteiger partial charge in [0.15, 0.2) is 0 Å². The molecule has 2 aromatic rings. The van der Waals surface area contributed by atoms with Gasteiger partial charge in [-0.1, -0.05) is 6.07 Å². The zero-order valence-electron chi connectivity index (χ0n) is 9.95. The maximum atomic E-state index is 12.1. The second-order valence-electron chi connectivity index (χ2n) is 3.60. The van der Waals surface area contributed by atoms with Crippen molar-refractivity contribution in [3.63, 3.8) is 0 Å². The number of aromatic nitrogens is 2. The van der Waals surface area contributed by atoms with E-state index in [4.69, 9.17) is 0 Å². The third kappa shape index (κ3) is 2.91. The Morgan fingerprint density at radius 2 is 2.16 bits per heavy atom. The molecule has 0 atom stereocenters. The van der Waals surface area contributed by atoms with Crippen LogP contribution in [-0.2, 0) is 14.8 Å². The normalized spacial score (nSPS) is 11.0. The van der Waals surface area contributed by atoms with Gasteiger partial charge in [0.05, 0.1) is 23.8 Å². The molecule has 0 aliphatic heterocycles. The van der Waals surface area contributed by atoms with E-state index in [1.165, 1.54) is 43.6 Å². The zero-order valence-corrected chi connectivity index (χ0v) is 10.8. The summed E-state index contributed by atoms with van der Waals surface area (Å²) < 4.78 is 30.9. The molecule has 8 heteroatoms. The van der Waals surface area contributed by atoms with Crippen molar-refractivity contribution < 1.29 is 17.9 Å². The maximum absolute atomic E-state index is 12.1. The first-order valence-electron chi connectivity index (χ1n) is 5.23. The van der Waals surface area contributed by atoms with Crippen LogP contribution in [0.5, 0.6) is 0 Å². The summed E-state index contributed by atoms with van der Waals surface area (Å²) in [6.45, 7) is 0. The van der Waals surface area contributed by atoms with Crippen LogP contribution in [0.25, 0.3) is 0 Å². The monoisotopic (exact) mass is 281 g/mol. The van der Waals surface area contributed by atoms with Crippen LogP contribution < -0.4 is 4.72 Å². The molecular weight excluding hydrogens is 270 g/mol. The van der Waals surface area contributed by atoms with E-state index in [-0.39, 0.29) is 16.3 Å². The predicted octanol–water partition coefficient (Wildman–Crippen LogP) is 0.997. The number of carbonyl (C=O) groups is 1. The van der Waals surface area contributed by atoms with Crippen LogP contribution >= 0.6 is 0 Å². The van der Waals surface area contributed by atoms with Crippen LogP contribution in [0.15, 0.2) is 41.4 Å². The first kappa shape index (κ1) is 13.1. The first-order valence-corrected chi connectivity index (χ1v) is 6.72. The predicted molar refractivity (Wildman–Crippen MR) is 67.2 cm³/mol. The molecule has 0 saturated carbocycles. The fourth-order valence-electron chi connectivity index (χ4n) is 1.42. The smallest absolute Gasteiger partial charge is 0.337 e. The first-order chi connectivity index (χ1) is 9.03. The number of esters is 1. The van der Waals surface area contributed by atoms with Crippen molar-refractivity contribution >= 4 is 21.8 Å². The van der Waals surface area contributed by atoms with Gasteiger partial charge in [-0.15, -0.1) is 0 Å². The highest BCUT2D eigenvalue weighted by molar-refractivity contribution is 7.92. The molecule has 0 bridgehead atoms. The van der Waals surface area contributed by atoms with Crippen molar-refractivity contribution in [3.8, 4) is 0 Å². The molecule has 2 N–H and O–H groups in total. The van der Waals surface area contributed by atoms with Gasteiger partial charge in [0.1, 0.15) is 5.82 Å². The van der Waals surface area contributed by atoms with Crippen LogP contribution in [0.2, 0.25) is 0 Å². The Kier molecular flexibility index (Phi) is 3.52. The molecule has 0 fully saturated rings. The molecule has 19 heavy (non-hydrogen) atoms. The number of hydrogen-bond donors (Lipinski definition) is 2. The summed E-state index contributed by atoms with van der Waals surface area (Å²) in [5, 5.41) is 6.11. The van der Waals surface area contributed by atoms with E-state index >= 15 is 0 Å². The van der Waals surface area contributed by atoms with Crippen molar-refractivity contribution in [2.45, 2.75) is 4.90 Å². The number of nitrogens with one attached hydrogen (secondary N) is 2. The van der Waals surface area contributed by atoms with Gasteiger partial charge < -0.3 is 4.74 Å². The van der Waals surface area contributed by atoms with Crippen molar-refractivity contribution in [3.05, 3.63) is 42.1 Å². The topological polar surface area (TPSA) is 101 Å². The third-order valence-electron chi connectivity index (χ3n) is 2.31. The summed E-state index contributed by atoms with van der Waals surface area (Å²) in [6, 6.07) is 7.03. The number of hydrogen-bond acceptors (Lipinski definition) is 5. The minimum Gasteiger partial charge on any atom is -0.465 e. The minimum atomic E-state index is -3.78. The molecule has 0 saturated heterocycles. The standard InChI is InChI=1S/C11H11N3O4S/c1-18-11(15)8-3-2-4-9(7-8)19(16,17)14-10-5-6-12-13-10/h2-7H,1H3,(H2,12,13,14). The van der Waals surface area contributed by atoms with Crippen LogP contribution in [0, 0.1) is 0 Å². The summed E-state index contributed by atoms with van der Waals surface area (Å²) in [7, 11) is -2.55. The average molecular weight is 281 g/mol. The van der Waals surface area contributed by atoms with Crippen LogP contribution in [0.1, 0.15) is 10.4 Å². The van der Waals surface area contributed by atoms with E-state index in [2.05, 4.69) is 19.7 Å². The van der Waals surface area contributed by atoms with Gasteiger partial charge in [-0.05, 0) is 18.2 Å². The molecule has 0 amide bonds. The van der Waals surface area contributed by atoms with Gasteiger partial charge in [0.25, 0.3) is 10.0 Å². The van der Waals surface area contributed by atoms with Crippen LogP contribution in [-0.4, -0.2) is 31.7 Å². The molecule has 0 unspecified atom stereocenters. The molecule has 1 heterocycles. The quantitative estimate of drug-likeness (QED) is 0.814. The number of rotatable bonds is 4. The average Bonchev–Trinajstić information content (AvgIpc) is 2.90. The lowest BCUT2D eigenvalue weighted by molar-refractivity contribution is 0.0600.